The fraction of sp³-hybridized carbons (Fsp3) is 0.588. The number of carbonyl (C=O) groups is 1. The topological polar surface area (TPSA) is 48.0 Å². The molecule has 0 aromatic heterocycles. The average Bonchev–Trinajstić information content (AvgIpc) is 3.02. The number of likely N-dealkylation sites (tertiary alicyclic amines) is 1. The summed E-state index contributed by atoms with van der Waals surface area (Å²) in [6.07, 6.45) is 1.54. The van der Waals surface area contributed by atoms with E-state index in [2.05, 4.69) is 0 Å². The number of piperidine rings is 1. The van der Waals surface area contributed by atoms with Crippen LogP contribution in [0.4, 0.5) is 4.79 Å². The Bertz CT molecular complexity index is 491. The molecule has 3 rings (SSSR count). The minimum absolute atomic E-state index is 0.235. The van der Waals surface area contributed by atoms with Crippen molar-refractivity contribution in [3.8, 4) is 0 Å². The van der Waals surface area contributed by atoms with Gasteiger partial charge in [-0.25, -0.2) is 4.79 Å². The van der Waals surface area contributed by atoms with Crippen LogP contribution in [-0.4, -0.2) is 43.1 Å². The van der Waals surface area contributed by atoms with E-state index in [4.69, 9.17) is 14.2 Å². The minimum atomic E-state index is -0.472. The molecule has 2 heterocycles. The number of nitrogens with zero attached hydrogens (tertiary/aromatic N) is 1. The van der Waals surface area contributed by atoms with Gasteiger partial charge in [0.1, 0.15) is 6.61 Å². The van der Waals surface area contributed by atoms with Crippen LogP contribution in [0.3, 0.4) is 0 Å². The van der Waals surface area contributed by atoms with Gasteiger partial charge in [0, 0.05) is 19.0 Å². The molecule has 2 aliphatic heterocycles. The highest BCUT2D eigenvalue weighted by Crippen LogP contribution is 2.35. The number of amides is 1. The van der Waals surface area contributed by atoms with Crippen LogP contribution in [0.2, 0.25) is 0 Å². The van der Waals surface area contributed by atoms with Gasteiger partial charge in [0.15, 0.2) is 5.79 Å². The molecule has 1 aromatic carbocycles. The Kier molecular flexibility index (Phi) is 4.64. The maximum atomic E-state index is 12.1. The van der Waals surface area contributed by atoms with E-state index in [9.17, 15) is 4.79 Å². The molecular weight excluding hydrogens is 282 g/mol. The van der Waals surface area contributed by atoms with Crippen LogP contribution in [0, 0.1) is 5.92 Å². The molecule has 0 radical (unpaired) electrons. The second-order valence-electron chi connectivity index (χ2n) is 6.01. The van der Waals surface area contributed by atoms with Gasteiger partial charge in [0.25, 0.3) is 0 Å². The number of benzene rings is 1. The molecular formula is C17H23NO4. The first-order valence-corrected chi connectivity index (χ1v) is 7.91. The highest BCUT2D eigenvalue weighted by Gasteiger charge is 2.41. The third-order valence-corrected chi connectivity index (χ3v) is 4.56. The third-order valence-electron chi connectivity index (χ3n) is 4.56. The number of rotatable bonds is 3. The van der Waals surface area contributed by atoms with Crippen LogP contribution in [0.5, 0.6) is 0 Å². The Morgan fingerprint density at radius 3 is 2.50 bits per heavy atom. The number of hydrogen-bond donors (Lipinski definition) is 0. The Morgan fingerprint density at radius 2 is 1.86 bits per heavy atom. The van der Waals surface area contributed by atoms with Crippen molar-refractivity contribution in [2.45, 2.75) is 32.2 Å². The second kappa shape index (κ2) is 6.67. The zero-order chi connectivity index (χ0) is 15.4. The standard InChI is InChI=1S/C17H23NO4/c1-17(21-11-12-22-17)15-7-9-18(10-8-15)16(19)20-13-14-5-3-2-4-6-14/h2-6,15H,7-13H2,1H3. The van der Waals surface area contributed by atoms with E-state index in [1.807, 2.05) is 37.3 Å². The van der Waals surface area contributed by atoms with E-state index in [1.165, 1.54) is 0 Å². The van der Waals surface area contributed by atoms with E-state index in [-0.39, 0.29) is 6.09 Å². The van der Waals surface area contributed by atoms with Crippen LogP contribution in [-0.2, 0) is 20.8 Å². The molecule has 0 N–H and O–H groups in total. The van der Waals surface area contributed by atoms with E-state index in [1.54, 1.807) is 4.90 Å². The molecule has 22 heavy (non-hydrogen) atoms. The van der Waals surface area contributed by atoms with E-state index < -0.39 is 5.79 Å². The van der Waals surface area contributed by atoms with Gasteiger partial charge in [0.2, 0.25) is 0 Å². The van der Waals surface area contributed by atoms with Crippen molar-refractivity contribution in [3.05, 3.63) is 35.9 Å². The molecule has 5 heteroatoms. The Hall–Kier alpha value is -1.59. The van der Waals surface area contributed by atoms with E-state index >= 15 is 0 Å². The molecule has 0 atom stereocenters. The molecule has 0 bridgehead atoms. The van der Waals surface area contributed by atoms with Crippen molar-refractivity contribution in [1.29, 1.82) is 0 Å². The average molecular weight is 305 g/mol. The van der Waals surface area contributed by atoms with Crippen LogP contribution in [0.25, 0.3) is 0 Å². The predicted molar refractivity (Wildman–Crippen MR) is 81.2 cm³/mol. The van der Waals surface area contributed by atoms with Gasteiger partial charge in [-0.1, -0.05) is 30.3 Å². The fourth-order valence-electron chi connectivity index (χ4n) is 3.16. The molecule has 2 fully saturated rings. The molecule has 5 nitrogen and oxygen atoms in total. The highest BCUT2D eigenvalue weighted by molar-refractivity contribution is 5.67. The monoisotopic (exact) mass is 305 g/mol. The molecule has 2 aliphatic rings. The lowest BCUT2D eigenvalue weighted by molar-refractivity contribution is -0.189. The molecule has 1 aromatic rings. The molecule has 1 amide bonds. The van der Waals surface area contributed by atoms with Crippen molar-refractivity contribution >= 4 is 6.09 Å². The highest BCUT2D eigenvalue weighted by atomic mass is 16.7. The van der Waals surface area contributed by atoms with Crippen LogP contribution < -0.4 is 0 Å². The quantitative estimate of drug-likeness (QED) is 0.861. The maximum Gasteiger partial charge on any atom is 0.410 e. The lowest BCUT2D eigenvalue weighted by atomic mass is 9.89. The lowest BCUT2D eigenvalue weighted by Gasteiger charge is -2.38. The summed E-state index contributed by atoms with van der Waals surface area (Å²) in [4.78, 5) is 13.9. The molecule has 0 spiro atoms. The maximum absolute atomic E-state index is 12.1. The summed E-state index contributed by atoms with van der Waals surface area (Å²) in [5.74, 6) is -0.131. The first-order chi connectivity index (χ1) is 10.7. The number of hydrogen-bond acceptors (Lipinski definition) is 4. The van der Waals surface area contributed by atoms with Gasteiger partial charge in [0.05, 0.1) is 13.2 Å². The predicted octanol–water partition coefficient (Wildman–Crippen LogP) is 2.80. The van der Waals surface area contributed by atoms with Gasteiger partial charge >= 0.3 is 6.09 Å². The van der Waals surface area contributed by atoms with Gasteiger partial charge in [-0.15, -0.1) is 0 Å². The van der Waals surface area contributed by atoms with Crippen molar-refractivity contribution in [2.24, 2.45) is 5.92 Å². The summed E-state index contributed by atoms with van der Waals surface area (Å²) in [7, 11) is 0. The third kappa shape index (κ3) is 3.42. The van der Waals surface area contributed by atoms with Gasteiger partial charge in [-0.05, 0) is 25.3 Å². The van der Waals surface area contributed by atoms with E-state index in [0.29, 0.717) is 38.8 Å². The summed E-state index contributed by atoms with van der Waals surface area (Å²) < 4.78 is 16.8. The summed E-state index contributed by atoms with van der Waals surface area (Å²) in [5, 5.41) is 0. The second-order valence-corrected chi connectivity index (χ2v) is 6.01. The van der Waals surface area contributed by atoms with Gasteiger partial charge < -0.3 is 19.1 Å². The molecule has 0 unspecified atom stereocenters. The minimum Gasteiger partial charge on any atom is -0.445 e. The fourth-order valence-corrected chi connectivity index (χ4v) is 3.16. The molecule has 2 saturated heterocycles. The van der Waals surface area contributed by atoms with Crippen LogP contribution in [0.15, 0.2) is 30.3 Å². The summed E-state index contributed by atoms with van der Waals surface area (Å²) >= 11 is 0. The Balaban J connectivity index is 1.45. The first-order valence-electron chi connectivity index (χ1n) is 7.91. The normalized spacial score (nSPS) is 21.8. The SMILES string of the molecule is CC1(C2CCN(C(=O)OCc3ccccc3)CC2)OCCO1. The summed E-state index contributed by atoms with van der Waals surface area (Å²) in [6.45, 7) is 5.05. The molecule has 0 aliphatic carbocycles. The van der Waals surface area contributed by atoms with E-state index in [0.717, 1.165) is 18.4 Å². The van der Waals surface area contributed by atoms with Crippen molar-refractivity contribution in [3.63, 3.8) is 0 Å². The number of ether oxygens (including phenoxy) is 3. The van der Waals surface area contributed by atoms with Crippen molar-refractivity contribution in [1.82, 2.24) is 4.90 Å². The zero-order valence-electron chi connectivity index (χ0n) is 13.0. The molecule has 0 saturated carbocycles. The Morgan fingerprint density at radius 1 is 1.23 bits per heavy atom. The van der Waals surface area contributed by atoms with Crippen molar-refractivity contribution < 1.29 is 19.0 Å². The van der Waals surface area contributed by atoms with Gasteiger partial charge in [-0.3, -0.25) is 0 Å². The summed E-state index contributed by atoms with van der Waals surface area (Å²) in [5.41, 5.74) is 1.01. The summed E-state index contributed by atoms with van der Waals surface area (Å²) in [6, 6.07) is 9.74. The zero-order valence-corrected chi connectivity index (χ0v) is 13.0. The smallest absolute Gasteiger partial charge is 0.410 e. The van der Waals surface area contributed by atoms with Crippen molar-refractivity contribution in [2.75, 3.05) is 26.3 Å². The lowest BCUT2D eigenvalue weighted by Crippen LogP contribution is -2.46. The Labute approximate surface area is 131 Å². The number of carbonyl (C=O) groups excluding carboxylic acids is 1. The first kappa shape index (κ1) is 15.3. The largest absolute Gasteiger partial charge is 0.445 e. The van der Waals surface area contributed by atoms with Crippen LogP contribution >= 0.6 is 0 Å². The van der Waals surface area contributed by atoms with Gasteiger partial charge in [-0.2, -0.15) is 0 Å². The van der Waals surface area contributed by atoms with Crippen LogP contribution in [0.1, 0.15) is 25.3 Å². The molecule has 120 valence electrons.